The first-order valence-electron chi connectivity index (χ1n) is 12.9. The fourth-order valence-corrected chi connectivity index (χ4v) is 6.13. The largest absolute Gasteiger partial charge is 0.465 e. The van der Waals surface area contributed by atoms with Gasteiger partial charge in [-0.25, -0.2) is 32.9 Å². The van der Waals surface area contributed by atoms with Crippen molar-refractivity contribution in [3.8, 4) is 5.69 Å². The number of imidazole rings is 1. The van der Waals surface area contributed by atoms with Gasteiger partial charge in [0.2, 0.25) is 0 Å². The van der Waals surface area contributed by atoms with Crippen molar-refractivity contribution in [2.75, 3.05) is 0 Å². The number of nitrogens with zero attached hydrogens (tertiary/aromatic N) is 6. The molecule has 1 aromatic carbocycles. The van der Waals surface area contributed by atoms with E-state index in [2.05, 4.69) is 32.6 Å². The van der Waals surface area contributed by atoms with E-state index < -0.39 is 35.0 Å². The summed E-state index contributed by atoms with van der Waals surface area (Å²) in [6.45, 7) is 0.00822. The third kappa shape index (κ3) is 5.09. The van der Waals surface area contributed by atoms with Crippen LogP contribution >= 0.6 is 22.6 Å². The van der Waals surface area contributed by atoms with E-state index in [0.717, 1.165) is 20.4 Å². The van der Waals surface area contributed by atoms with Gasteiger partial charge in [0.1, 0.15) is 17.3 Å². The Morgan fingerprint density at radius 2 is 1.83 bits per heavy atom. The van der Waals surface area contributed by atoms with Crippen LogP contribution < -0.4 is 11.2 Å². The fourth-order valence-electron chi connectivity index (χ4n) is 5.60. The van der Waals surface area contributed by atoms with E-state index in [4.69, 9.17) is 0 Å². The maximum atomic E-state index is 14.2. The average molecular weight is 672 g/mol. The number of aromatic nitrogens is 5. The van der Waals surface area contributed by atoms with Crippen LogP contribution in [-0.4, -0.2) is 45.6 Å². The minimum absolute atomic E-state index is 0.00822. The Morgan fingerprint density at radius 1 is 1.05 bits per heavy atom. The molecule has 1 saturated carbocycles. The molecule has 0 spiro atoms. The Balaban J connectivity index is 1.31. The Morgan fingerprint density at radius 3 is 2.56 bits per heavy atom. The number of benzene rings is 1. The van der Waals surface area contributed by atoms with Gasteiger partial charge >= 0.3 is 11.8 Å². The number of pyridine rings is 2. The molecule has 0 atom stereocenters. The van der Waals surface area contributed by atoms with Crippen molar-refractivity contribution in [1.29, 1.82) is 0 Å². The van der Waals surface area contributed by atoms with Crippen molar-refractivity contribution in [3.05, 3.63) is 103 Å². The highest BCUT2D eigenvalue weighted by atomic mass is 127. The summed E-state index contributed by atoms with van der Waals surface area (Å²) >= 11 is 2.12. The van der Waals surface area contributed by atoms with Crippen LogP contribution in [-0.2, 0) is 6.54 Å². The standard InChI is InChI=1S/C28H23F2IN6O4/c29-16-4-9-24-33-19(14-34(24)13-16)15-35(28(40)41)20-5-7-21(8-6-20)37-26(38)23-10-17(30)12-32-25(23)36(27(37)39)22-3-1-2-18(31)11-22/h1-4,9-14,20-21H,5-8,15H2,(H,40,41)/t20-,21+. The van der Waals surface area contributed by atoms with Crippen LogP contribution in [0.25, 0.3) is 22.4 Å². The van der Waals surface area contributed by atoms with Gasteiger partial charge in [0.05, 0.1) is 29.5 Å². The van der Waals surface area contributed by atoms with E-state index >= 15 is 0 Å². The van der Waals surface area contributed by atoms with Gasteiger partial charge in [-0.2, -0.15) is 0 Å². The highest BCUT2D eigenvalue weighted by Gasteiger charge is 2.32. The average Bonchev–Trinajstić information content (AvgIpc) is 3.34. The molecule has 1 N–H and O–H groups in total. The maximum Gasteiger partial charge on any atom is 0.407 e. The van der Waals surface area contributed by atoms with Crippen LogP contribution in [0.5, 0.6) is 0 Å². The lowest BCUT2D eigenvalue weighted by Gasteiger charge is -2.35. The van der Waals surface area contributed by atoms with Gasteiger partial charge in [-0.15, -0.1) is 0 Å². The monoisotopic (exact) mass is 672 g/mol. The molecule has 1 aliphatic carbocycles. The second-order valence-electron chi connectivity index (χ2n) is 10.0. The summed E-state index contributed by atoms with van der Waals surface area (Å²) in [5.74, 6) is -1.12. The van der Waals surface area contributed by atoms with Gasteiger partial charge in [0.15, 0.2) is 5.65 Å². The first-order chi connectivity index (χ1) is 19.7. The normalized spacial score (nSPS) is 17.2. The zero-order valence-electron chi connectivity index (χ0n) is 21.5. The zero-order chi connectivity index (χ0) is 28.8. The maximum absolute atomic E-state index is 14.2. The minimum atomic E-state index is -1.12. The molecule has 0 saturated heterocycles. The first kappa shape index (κ1) is 27.1. The zero-order valence-corrected chi connectivity index (χ0v) is 23.6. The predicted octanol–water partition coefficient (Wildman–Crippen LogP) is 4.74. The fraction of sp³-hybridized carbons (Fsp3) is 0.250. The van der Waals surface area contributed by atoms with Crippen molar-refractivity contribution < 1.29 is 18.7 Å². The number of rotatable bonds is 5. The van der Waals surface area contributed by atoms with Crippen molar-refractivity contribution >= 4 is 45.4 Å². The highest BCUT2D eigenvalue weighted by molar-refractivity contribution is 14.1. The third-order valence-electron chi connectivity index (χ3n) is 7.47. The van der Waals surface area contributed by atoms with E-state index in [1.54, 1.807) is 24.4 Å². The van der Waals surface area contributed by atoms with Gasteiger partial charge in [0, 0.05) is 28.0 Å². The van der Waals surface area contributed by atoms with Crippen molar-refractivity contribution in [2.45, 2.75) is 44.3 Å². The Hall–Kier alpha value is -4.14. The molecule has 13 heteroatoms. The van der Waals surface area contributed by atoms with Gasteiger partial charge in [0.25, 0.3) is 5.56 Å². The van der Waals surface area contributed by atoms with E-state index in [0.29, 0.717) is 42.7 Å². The van der Waals surface area contributed by atoms with Crippen LogP contribution in [0.4, 0.5) is 13.6 Å². The number of amides is 1. The predicted molar refractivity (Wildman–Crippen MR) is 154 cm³/mol. The van der Waals surface area contributed by atoms with E-state index in [9.17, 15) is 28.3 Å². The molecule has 5 aromatic rings. The lowest BCUT2D eigenvalue weighted by molar-refractivity contribution is 0.0984. The van der Waals surface area contributed by atoms with Gasteiger partial charge in [-0.1, -0.05) is 6.07 Å². The molecular formula is C28H23F2IN6O4. The summed E-state index contributed by atoms with van der Waals surface area (Å²) in [4.78, 5) is 49.3. The molecule has 210 valence electrons. The third-order valence-corrected chi connectivity index (χ3v) is 8.14. The molecule has 0 aliphatic heterocycles. The smallest absolute Gasteiger partial charge is 0.407 e. The number of carboxylic acid groups (broad SMARTS) is 1. The summed E-state index contributed by atoms with van der Waals surface area (Å²) in [5, 5.41) is 9.97. The van der Waals surface area contributed by atoms with E-state index in [-0.39, 0.29) is 23.6 Å². The SMILES string of the molecule is O=C(O)N(Cc1cn2cc(F)ccc2n1)[C@H]1CC[C@@H](n2c(=O)c3cc(F)cnc3n(-c3cccc(I)c3)c2=O)CC1. The Bertz CT molecular complexity index is 1930. The van der Waals surface area contributed by atoms with Crippen LogP contribution in [0.15, 0.2) is 70.6 Å². The minimum Gasteiger partial charge on any atom is -0.465 e. The van der Waals surface area contributed by atoms with Crippen LogP contribution in [0, 0.1) is 15.2 Å². The summed E-state index contributed by atoms with van der Waals surface area (Å²) < 4.78 is 32.6. The first-order valence-corrected chi connectivity index (χ1v) is 14.0. The van der Waals surface area contributed by atoms with Crippen LogP contribution in [0.2, 0.25) is 0 Å². The van der Waals surface area contributed by atoms with Gasteiger partial charge in [-0.05, 0) is 84.7 Å². The number of fused-ring (bicyclic) bond motifs is 2. The molecule has 10 nitrogen and oxygen atoms in total. The van der Waals surface area contributed by atoms with Gasteiger partial charge < -0.3 is 9.51 Å². The molecule has 4 aromatic heterocycles. The summed E-state index contributed by atoms with van der Waals surface area (Å²) in [7, 11) is 0. The second-order valence-corrected chi connectivity index (χ2v) is 11.3. The van der Waals surface area contributed by atoms with E-state index in [1.165, 1.54) is 32.2 Å². The second kappa shape index (κ2) is 10.7. The molecule has 1 fully saturated rings. The van der Waals surface area contributed by atoms with Gasteiger partial charge in [-0.3, -0.25) is 14.3 Å². The number of hydrogen-bond donors (Lipinski definition) is 1. The van der Waals surface area contributed by atoms with Crippen molar-refractivity contribution in [3.63, 3.8) is 0 Å². The molecule has 6 rings (SSSR count). The topological polar surface area (TPSA) is 115 Å². The summed E-state index contributed by atoms with van der Waals surface area (Å²) in [6.07, 6.45) is 4.23. The van der Waals surface area contributed by atoms with Crippen molar-refractivity contribution in [2.24, 2.45) is 0 Å². The summed E-state index contributed by atoms with van der Waals surface area (Å²) in [5.41, 5.74) is 0.325. The Labute approximate surface area is 244 Å². The number of carbonyl (C=O) groups is 1. The lowest BCUT2D eigenvalue weighted by Crippen LogP contribution is -2.46. The highest BCUT2D eigenvalue weighted by Crippen LogP contribution is 2.31. The molecule has 1 aliphatic rings. The molecule has 0 unspecified atom stereocenters. The quantitative estimate of drug-likeness (QED) is 0.270. The number of hydrogen-bond acceptors (Lipinski definition) is 5. The van der Waals surface area contributed by atoms with Crippen molar-refractivity contribution in [1.82, 2.24) is 28.4 Å². The van der Waals surface area contributed by atoms with Crippen LogP contribution in [0.3, 0.4) is 0 Å². The molecule has 0 bridgehead atoms. The molecular weight excluding hydrogens is 649 g/mol. The molecule has 0 radical (unpaired) electrons. The molecule has 4 heterocycles. The lowest BCUT2D eigenvalue weighted by atomic mass is 9.90. The summed E-state index contributed by atoms with van der Waals surface area (Å²) in [6, 6.07) is 10.1. The molecule has 41 heavy (non-hydrogen) atoms. The van der Waals surface area contributed by atoms with E-state index in [1.807, 2.05) is 6.07 Å². The number of halogens is 3. The van der Waals surface area contributed by atoms with Crippen LogP contribution in [0.1, 0.15) is 37.4 Å². The Kier molecular flexibility index (Phi) is 7.05. The molecule has 1 amide bonds.